The van der Waals surface area contributed by atoms with E-state index in [0.29, 0.717) is 12.2 Å². The Bertz CT molecular complexity index is 510. The normalized spacial score (nSPS) is 15.2. The molecule has 102 valence electrons. The highest BCUT2D eigenvalue weighted by Gasteiger charge is 2.17. The maximum atomic E-state index is 11.9. The summed E-state index contributed by atoms with van der Waals surface area (Å²) in [6, 6.07) is 5.03. The molecular formula is C11H17NO4S2. The lowest BCUT2D eigenvalue weighted by atomic mass is 10.3. The van der Waals surface area contributed by atoms with Crippen LogP contribution in [0.1, 0.15) is 13.3 Å². The van der Waals surface area contributed by atoms with Gasteiger partial charge >= 0.3 is 0 Å². The van der Waals surface area contributed by atoms with Crippen LogP contribution in [0.4, 0.5) is 0 Å². The number of nitrogens with one attached hydrogen (secondary N) is 1. The Balaban J connectivity index is 2.70. The van der Waals surface area contributed by atoms with Crippen LogP contribution in [-0.4, -0.2) is 35.8 Å². The van der Waals surface area contributed by atoms with Crippen molar-refractivity contribution in [1.29, 1.82) is 0 Å². The quantitative estimate of drug-likeness (QED) is 0.813. The van der Waals surface area contributed by atoms with Crippen molar-refractivity contribution in [2.75, 3.05) is 12.0 Å². The Morgan fingerprint density at radius 3 is 2.39 bits per heavy atom. The molecule has 0 aliphatic rings. The van der Waals surface area contributed by atoms with E-state index in [1.807, 2.05) is 0 Å². The molecule has 0 fully saturated rings. The summed E-state index contributed by atoms with van der Waals surface area (Å²) in [5.74, 6) is 0.475. The van der Waals surface area contributed by atoms with E-state index in [9.17, 15) is 12.6 Å². The molecule has 5 nitrogen and oxygen atoms in total. The van der Waals surface area contributed by atoms with Gasteiger partial charge in [0.05, 0.1) is 4.90 Å². The summed E-state index contributed by atoms with van der Waals surface area (Å²) in [5.41, 5.74) is 0. The van der Waals surface area contributed by atoms with Crippen LogP contribution < -0.4 is 4.72 Å². The maximum Gasteiger partial charge on any atom is 0.240 e. The second-order valence-electron chi connectivity index (χ2n) is 4.08. The van der Waals surface area contributed by atoms with Gasteiger partial charge in [0.2, 0.25) is 10.0 Å². The summed E-state index contributed by atoms with van der Waals surface area (Å²) in [7, 11) is -4.51. The molecule has 18 heavy (non-hydrogen) atoms. The minimum Gasteiger partial charge on any atom is -0.508 e. The van der Waals surface area contributed by atoms with Crippen LogP contribution in [-0.2, 0) is 20.8 Å². The number of hydrogen-bond donors (Lipinski definition) is 2. The fourth-order valence-corrected chi connectivity index (χ4v) is 3.32. The van der Waals surface area contributed by atoms with Crippen molar-refractivity contribution in [2.45, 2.75) is 24.3 Å². The van der Waals surface area contributed by atoms with Gasteiger partial charge in [-0.1, -0.05) is 0 Å². The zero-order valence-electron chi connectivity index (χ0n) is 10.3. The third-order valence-corrected chi connectivity index (χ3v) is 4.76. The lowest BCUT2D eigenvalue weighted by molar-refractivity contribution is 0.474. The first kappa shape index (κ1) is 15.1. The van der Waals surface area contributed by atoms with Crippen LogP contribution in [0.2, 0.25) is 0 Å². The summed E-state index contributed by atoms with van der Waals surface area (Å²) in [6.45, 7) is 1.73. The topological polar surface area (TPSA) is 83.5 Å². The van der Waals surface area contributed by atoms with Crippen molar-refractivity contribution < 1.29 is 17.7 Å². The second kappa shape index (κ2) is 6.31. The lowest BCUT2D eigenvalue weighted by Gasteiger charge is -2.13. The zero-order chi connectivity index (χ0) is 13.8. The van der Waals surface area contributed by atoms with Crippen LogP contribution in [0.3, 0.4) is 0 Å². The predicted molar refractivity (Wildman–Crippen MR) is 71.4 cm³/mol. The molecular weight excluding hydrogens is 274 g/mol. The van der Waals surface area contributed by atoms with Crippen molar-refractivity contribution in [1.82, 2.24) is 4.72 Å². The van der Waals surface area contributed by atoms with Gasteiger partial charge in [-0.3, -0.25) is 4.21 Å². The Kier molecular flexibility index (Phi) is 5.30. The highest BCUT2D eigenvalue weighted by atomic mass is 32.2. The number of sulfonamides is 1. The summed E-state index contributed by atoms with van der Waals surface area (Å²) in [6.07, 6.45) is 2.10. The number of aromatic hydroxyl groups is 1. The first-order chi connectivity index (χ1) is 8.31. The Morgan fingerprint density at radius 2 is 1.89 bits per heavy atom. The van der Waals surface area contributed by atoms with Crippen LogP contribution in [0.15, 0.2) is 29.2 Å². The van der Waals surface area contributed by atoms with E-state index in [1.165, 1.54) is 24.3 Å². The molecule has 0 aliphatic carbocycles. The summed E-state index contributed by atoms with van der Waals surface area (Å²) in [4.78, 5) is 0.102. The SMILES string of the molecule is CC(CCS(C)=O)NS(=O)(=O)c1ccc(O)cc1. The first-order valence-corrected chi connectivity index (χ1v) is 8.63. The van der Waals surface area contributed by atoms with Gasteiger partial charge in [-0.05, 0) is 37.6 Å². The van der Waals surface area contributed by atoms with E-state index in [4.69, 9.17) is 5.11 Å². The van der Waals surface area contributed by atoms with E-state index >= 15 is 0 Å². The Hall–Kier alpha value is -0.920. The molecule has 0 bridgehead atoms. The van der Waals surface area contributed by atoms with Gasteiger partial charge < -0.3 is 5.11 Å². The summed E-state index contributed by atoms with van der Waals surface area (Å²) in [5, 5.41) is 9.10. The molecule has 7 heteroatoms. The van der Waals surface area contributed by atoms with Gasteiger partial charge in [-0.2, -0.15) is 0 Å². The standard InChI is InChI=1S/C11H17NO4S2/c1-9(7-8-17(2)14)12-18(15,16)11-5-3-10(13)4-6-11/h3-6,9,12-13H,7-8H2,1-2H3. The average Bonchev–Trinajstić information content (AvgIpc) is 2.26. The number of rotatable bonds is 6. The van der Waals surface area contributed by atoms with Crippen molar-refractivity contribution in [3.63, 3.8) is 0 Å². The molecule has 1 aromatic carbocycles. The molecule has 2 N–H and O–H groups in total. The van der Waals surface area contributed by atoms with Crippen molar-refractivity contribution in [2.24, 2.45) is 0 Å². The molecule has 1 rings (SSSR count). The van der Waals surface area contributed by atoms with Gasteiger partial charge in [-0.15, -0.1) is 0 Å². The number of phenolic OH excluding ortho intramolecular Hbond substituents is 1. The van der Waals surface area contributed by atoms with Gasteiger partial charge in [-0.25, -0.2) is 13.1 Å². The Morgan fingerprint density at radius 1 is 1.33 bits per heavy atom. The van der Waals surface area contributed by atoms with Gasteiger partial charge in [0.25, 0.3) is 0 Å². The van der Waals surface area contributed by atoms with Crippen LogP contribution in [0, 0.1) is 0 Å². The minimum atomic E-state index is -3.58. The molecule has 0 heterocycles. The number of phenols is 1. The molecule has 0 spiro atoms. The molecule has 0 saturated heterocycles. The summed E-state index contributed by atoms with van der Waals surface area (Å²) >= 11 is 0. The predicted octanol–water partition coefficient (Wildman–Crippen LogP) is 0.828. The van der Waals surface area contributed by atoms with Crippen LogP contribution >= 0.6 is 0 Å². The fourth-order valence-electron chi connectivity index (χ4n) is 1.36. The zero-order valence-corrected chi connectivity index (χ0v) is 11.9. The molecule has 2 atom stereocenters. The monoisotopic (exact) mass is 291 g/mol. The van der Waals surface area contributed by atoms with E-state index in [2.05, 4.69) is 4.72 Å². The van der Waals surface area contributed by atoms with E-state index < -0.39 is 20.8 Å². The van der Waals surface area contributed by atoms with Crippen molar-refractivity contribution in [3.8, 4) is 5.75 Å². The highest BCUT2D eigenvalue weighted by Crippen LogP contribution is 2.14. The van der Waals surface area contributed by atoms with Gasteiger partial charge in [0, 0.05) is 28.9 Å². The molecule has 1 aromatic rings. The molecule has 0 saturated carbocycles. The van der Waals surface area contributed by atoms with E-state index in [1.54, 1.807) is 13.2 Å². The number of benzene rings is 1. The minimum absolute atomic E-state index is 0.0170. The maximum absolute atomic E-state index is 11.9. The Labute approximate surface area is 110 Å². The molecule has 2 unspecified atom stereocenters. The van der Waals surface area contributed by atoms with Gasteiger partial charge in [0.15, 0.2) is 0 Å². The smallest absolute Gasteiger partial charge is 0.240 e. The first-order valence-electron chi connectivity index (χ1n) is 5.42. The molecule has 0 aromatic heterocycles. The third kappa shape index (κ3) is 4.75. The lowest BCUT2D eigenvalue weighted by Crippen LogP contribution is -2.33. The average molecular weight is 291 g/mol. The molecule has 0 aliphatic heterocycles. The summed E-state index contributed by atoms with van der Waals surface area (Å²) < 4.78 is 37.3. The van der Waals surface area contributed by atoms with E-state index in [-0.39, 0.29) is 16.7 Å². The van der Waals surface area contributed by atoms with Crippen LogP contribution in [0.25, 0.3) is 0 Å². The fraction of sp³-hybridized carbons (Fsp3) is 0.455. The molecule has 0 amide bonds. The van der Waals surface area contributed by atoms with Crippen molar-refractivity contribution >= 4 is 20.8 Å². The second-order valence-corrected chi connectivity index (χ2v) is 7.35. The highest BCUT2D eigenvalue weighted by molar-refractivity contribution is 7.89. The third-order valence-electron chi connectivity index (χ3n) is 2.34. The van der Waals surface area contributed by atoms with Gasteiger partial charge in [0.1, 0.15) is 5.75 Å². The van der Waals surface area contributed by atoms with Crippen molar-refractivity contribution in [3.05, 3.63) is 24.3 Å². The number of hydrogen-bond acceptors (Lipinski definition) is 4. The van der Waals surface area contributed by atoms with Crippen LogP contribution in [0.5, 0.6) is 5.75 Å². The largest absolute Gasteiger partial charge is 0.508 e. The van der Waals surface area contributed by atoms with E-state index in [0.717, 1.165) is 0 Å². The molecule has 0 radical (unpaired) electrons.